The van der Waals surface area contributed by atoms with Crippen molar-refractivity contribution >= 4 is 16.7 Å². The zero-order valence-electron chi connectivity index (χ0n) is 14.5. The molecule has 4 aromatic rings. The van der Waals surface area contributed by atoms with Crippen LogP contribution in [-0.4, -0.2) is 19.7 Å². The van der Waals surface area contributed by atoms with E-state index in [1.807, 2.05) is 13.0 Å². The van der Waals surface area contributed by atoms with Gasteiger partial charge in [0.1, 0.15) is 17.7 Å². The van der Waals surface area contributed by atoms with Gasteiger partial charge < -0.3 is 5.32 Å². The van der Waals surface area contributed by atoms with E-state index in [0.717, 1.165) is 16.8 Å². The topological polar surface area (TPSA) is 79.4 Å². The second kappa shape index (κ2) is 6.84. The van der Waals surface area contributed by atoms with E-state index in [-0.39, 0.29) is 11.9 Å². The molecule has 1 atom stereocenters. The summed E-state index contributed by atoms with van der Waals surface area (Å²) < 4.78 is 15.5. The van der Waals surface area contributed by atoms with Gasteiger partial charge in [-0.1, -0.05) is 0 Å². The number of fused-ring (bicyclic) bond motifs is 1. The van der Waals surface area contributed by atoms with E-state index in [0.29, 0.717) is 16.9 Å². The van der Waals surface area contributed by atoms with E-state index in [2.05, 4.69) is 26.5 Å². The molecule has 3 aromatic heterocycles. The second-order valence-corrected chi connectivity index (χ2v) is 6.05. The van der Waals surface area contributed by atoms with Crippen molar-refractivity contribution in [2.24, 2.45) is 0 Å². The van der Waals surface area contributed by atoms with Crippen molar-refractivity contribution in [3.63, 3.8) is 0 Å². The number of benzene rings is 1. The average Bonchev–Trinajstić information content (AvgIpc) is 3.08. The Morgan fingerprint density at radius 3 is 2.81 bits per heavy atom. The highest BCUT2D eigenvalue weighted by Crippen LogP contribution is 2.29. The molecule has 0 saturated heterocycles. The molecule has 3 heterocycles. The first-order valence-corrected chi connectivity index (χ1v) is 8.37. The Balaban J connectivity index is 1.81. The van der Waals surface area contributed by atoms with Gasteiger partial charge in [-0.05, 0) is 43.3 Å². The van der Waals surface area contributed by atoms with Crippen LogP contribution in [0.25, 0.3) is 16.6 Å². The summed E-state index contributed by atoms with van der Waals surface area (Å²) in [5.41, 5.74) is 2.56. The molecule has 7 heteroatoms. The van der Waals surface area contributed by atoms with E-state index in [9.17, 15) is 9.65 Å². The first-order valence-electron chi connectivity index (χ1n) is 8.37. The Bertz CT molecular complexity index is 1150. The fraction of sp³-hybridized carbons (Fsp3) is 0.100. The lowest BCUT2D eigenvalue weighted by atomic mass is 10.1. The summed E-state index contributed by atoms with van der Waals surface area (Å²) in [6, 6.07) is 13.5. The number of rotatable bonds is 4. The van der Waals surface area contributed by atoms with Crippen LogP contribution < -0.4 is 5.32 Å². The molecule has 1 N–H and O–H groups in total. The van der Waals surface area contributed by atoms with Crippen LogP contribution in [0.15, 0.2) is 61.1 Å². The number of nitrogens with one attached hydrogen (secondary N) is 1. The van der Waals surface area contributed by atoms with Crippen molar-refractivity contribution in [1.82, 2.24) is 19.7 Å². The lowest BCUT2D eigenvalue weighted by molar-refractivity contribution is 0.629. The molecule has 132 valence electrons. The van der Waals surface area contributed by atoms with Crippen molar-refractivity contribution in [1.29, 1.82) is 5.26 Å². The van der Waals surface area contributed by atoms with E-state index < -0.39 is 0 Å². The first kappa shape index (κ1) is 16.7. The highest BCUT2D eigenvalue weighted by atomic mass is 19.1. The van der Waals surface area contributed by atoms with E-state index in [1.165, 1.54) is 12.1 Å². The van der Waals surface area contributed by atoms with Gasteiger partial charge in [0, 0.05) is 23.8 Å². The number of hydrogen-bond acceptors (Lipinski definition) is 5. The standard InChI is InChI=1S/C20H15FN6/c1-13(25-20-14(11-22)4-2-9-24-20)19-17-7-6-15(21)10-18(17)27(26-19)16-5-3-8-23-12-16/h2-10,12-13H,1H3,(H,24,25). The van der Waals surface area contributed by atoms with Crippen molar-refractivity contribution < 1.29 is 4.39 Å². The zero-order chi connectivity index (χ0) is 18.8. The Kier molecular flexibility index (Phi) is 4.22. The Morgan fingerprint density at radius 1 is 1.19 bits per heavy atom. The van der Waals surface area contributed by atoms with Crippen LogP contribution in [-0.2, 0) is 0 Å². The van der Waals surface area contributed by atoms with Crippen molar-refractivity contribution in [3.05, 3.63) is 78.1 Å². The van der Waals surface area contributed by atoms with E-state index in [4.69, 9.17) is 0 Å². The summed E-state index contributed by atoms with van der Waals surface area (Å²) in [6.45, 7) is 1.93. The van der Waals surface area contributed by atoms with Crippen LogP contribution in [0.3, 0.4) is 0 Å². The van der Waals surface area contributed by atoms with E-state index in [1.54, 1.807) is 47.5 Å². The van der Waals surface area contributed by atoms with Crippen LogP contribution in [0.5, 0.6) is 0 Å². The summed E-state index contributed by atoms with van der Waals surface area (Å²) in [5, 5.41) is 18.0. The zero-order valence-corrected chi connectivity index (χ0v) is 14.5. The molecule has 0 fully saturated rings. The molecule has 1 unspecified atom stereocenters. The third-order valence-corrected chi connectivity index (χ3v) is 4.25. The monoisotopic (exact) mass is 358 g/mol. The minimum Gasteiger partial charge on any atom is -0.361 e. The van der Waals surface area contributed by atoms with Gasteiger partial charge in [-0.3, -0.25) is 4.98 Å². The Hall–Kier alpha value is -3.79. The third kappa shape index (κ3) is 3.09. The summed E-state index contributed by atoms with van der Waals surface area (Å²) in [5.74, 6) is 0.148. The van der Waals surface area contributed by atoms with Crippen LogP contribution in [0.4, 0.5) is 10.2 Å². The summed E-state index contributed by atoms with van der Waals surface area (Å²) in [4.78, 5) is 8.35. The quantitative estimate of drug-likeness (QED) is 0.596. The predicted octanol–water partition coefficient (Wildman–Crippen LogP) is 4.00. The number of aromatic nitrogens is 4. The number of anilines is 1. The first-order chi connectivity index (χ1) is 13.2. The minimum atomic E-state index is -0.337. The van der Waals surface area contributed by atoms with Crippen molar-refractivity contribution in [2.45, 2.75) is 13.0 Å². The molecule has 0 aliphatic heterocycles. The molecule has 0 aliphatic carbocycles. The van der Waals surface area contributed by atoms with Gasteiger partial charge in [-0.2, -0.15) is 10.4 Å². The molecule has 0 saturated carbocycles. The molecular weight excluding hydrogens is 343 g/mol. The maximum Gasteiger partial charge on any atom is 0.144 e. The summed E-state index contributed by atoms with van der Waals surface area (Å²) >= 11 is 0. The molecule has 27 heavy (non-hydrogen) atoms. The molecule has 1 aromatic carbocycles. The molecule has 0 aliphatic rings. The van der Waals surface area contributed by atoms with Crippen LogP contribution in [0.1, 0.15) is 24.2 Å². The fourth-order valence-electron chi connectivity index (χ4n) is 2.99. The number of pyridine rings is 2. The smallest absolute Gasteiger partial charge is 0.144 e. The van der Waals surface area contributed by atoms with Gasteiger partial charge in [0.15, 0.2) is 0 Å². The Morgan fingerprint density at radius 2 is 2.04 bits per heavy atom. The SMILES string of the molecule is CC(Nc1ncccc1C#N)c1nn(-c2cccnc2)c2cc(F)ccc12. The maximum absolute atomic E-state index is 13.9. The van der Waals surface area contributed by atoms with Gasteiger partial charge in [-0.25, -0.2) is 14.1 Å². The van der Waals surface area contributed by atoms with Crippen LogP contribution >= 0.6 is 0 Å². The molecule has 0 bridgehead atoms. The number of nitrogens with zero attached hydrogens (tertiary/aromatic N) is 5. The largest absolute Gasteiger partial charge is 0.361 e. The molecule has 6 nitrogen and oxygen atoms in total. The number of nitriles is 1. The lowest BCUT2D eigenvalue weighted by Gasteiger charge is -2.13. The van der Waals surface area contributed by atoms with Crippen LogP contribution in [0.2, 0.25) is 0 Å². The second-order valence-electron chi connectivity index (χ2n) is 6.05. The fourth-order valence-corrected chi connectivity index (χ4v) is 2.99. The number of halogens is 1. The average molecular weight is 358 g/mol. The van der Waals surface area contributed by atoms with Gasteiger partial charge in [-0.15, -0.1) is 0 Å². The van der Waals surface area contributed by atoms with E-state index >= 15 is 0 Å². The van der Waals surface area contributed by atoms with Gasteiger partial charge in [0.25, 0.3) is 0 Å². The van der Waals surface area contributed by atoms with Gasteiger partial charge in [0.05, 0.1) is 34.7 Å². The predicted molar refractivity (Wildman–Crippen MR) is 99.8 cm³/mol. The number of hydrogen-bond donors (Lipinski definition) is 1. The molecular formula is C20H15FN6. The highest BCUT2D eigenvalue weighted by molar-refractivity contribution is 5.84. The normalized spacial score (nSPS) is 11.9. The molecule has 0 radical (unpaired) electrons. The molecule has 0 amide bonds. The minimum absolute atomic E-state index is 0.252. The molecule has 0 spiro atoms. The van der Waals surface area contributed by atoms with Crippen molar-refractivity contribution in [3.8, 4) is 11.8 Å². The Labute approximate surface area is 154 Å². The van der Waals surface area contributed by atoms with Gasteiger partial charge >= 0.3 is 0 Å². The highest BCUT2D eigenvalue weighted by Gasteiger charge is 2.19. The van der Waals surface area contributed by atoms with Crippen molar-refractivity contribution in [2.75, 3.05) is 5.32 Å². The maximum atomic E-state index is 13.9. The lowest BCUT2D eigenvalue weighted by Crippen LogP contribution is -2.10. The van der Waals surface area contributed by atoms with Crippen LogP contribution in [0, 0.1) is 17.1 Å². The van der Waals surface area contributed by atoms with Gasteiger partial charge in [0.2, 0.25) is 0 Å². The summed E-state index contributed by atoms with van der Waals surface area (Å²) in [7, 11) is 0. The summed E-state index contributed by atoms with van der Waals surface area (Å²) in [6.07, 6.45) is 4.97. The molecule has 4 rings (SSSR count). The third-order valence-electron chi connectivity index (χ3n) is 4.25.